The number of fused-ring (bicyclic) bond motifs is 1. The third-order valence-electron chi connectivity index (χ3n) is 7.58. The van der Waals surface area contributed by atoms with Crippen LogP contribution in [-0.4, -0.2) is 91.3 Å². The normalized spacial score (nSPS) is 16.0. The summed E-state index contributed by atoms with van der Waals surface area (Å²) >= 11 is 0. The zero-order chi connectivity index (χ0) is 32.2. The highest BCUT2D eigenvalue weighted by Gasteiger charge is 2.38. The van der Waals surface area contributed by atoms with Crippen molar-refractivity contribution in [2.45, 2.75) is 51.7 Å². The summed E-state index contributed by atoms with van der Waals surface area (Å²) in [7, 11) is 0. The number of anilines is 3. The molecule has 0 radical (unpaired) electrons. The van der Waals surface area contributed by atoms with Crippen molar-refractivity contribution < 1.29 is 37.8 Å². The molecule has 0 bridgehead atoms. The number of carboxylic acids is 2. The molecule has 1 saturated carbocycles. The Kier molecular flexibility index (Phi) is 9.81. The van der Waals surface area contributed by atoms with Crippen molar-refractivity contribution in [2.24, 2.45) is 0 Å². The topological polar surface area (TPSA) is 171 Å². The molecule has 3 aromatic rings. The van der Waals surface area contributed by atoms with Gasteiger partial charge in [-0.05, 0) is 44.4 Å². The average molecular weight is 620 g/mol. The fourth-order valence-corrected chi connectivity index (χ4v) is 5.43. The van der Waals surface area contributed by atoms with E-state index in [1.807, 2.05) is 17.0 Å². The number of aromatic nitrogens is 4. The van der Waals surface area contributed by atoms with E-state index in [0.717, 1.165) is 44.5 Å². The number of hydrogen-bond donors (Lipinski definition) is 3. The summed E-state index contributed by atoms with van der Waals surface area (Å²) in [5, 5.41) is 19.9. The van der Waals surface area contributed by atoms with Crippen molar-refractivity contribution in [3.8, 4) is 0 Å². The number of piperazine rings is 1. The van der Waals surface area contributed by atoms with Crippen LogP contribution in [0.2, 0.25) is 0 Å². The van der Waals surface area contributed by atoms with Gasteiger partial charge in [-0.3, -0.25) is 23.9 Å². The maximum absolute atomic E-state index is 13.4. The van der Waals surface area contributed by atoms with Crippen LogP contribution in [0, 0.1) is 6.92 Å². The Morgan fingerprint density at radius 1 is 1.02 bits per heavy atom. The number of carbonyl (C=O) groups excluding carboxylic acids is 1. The predicted molar refractivity (Wildman–Crippen MR) is 154 cm³/mol. The van der Waals surface area contributed by atoms with E-state index >= 15 is 0 Å². The minimum Gasteiger partial charge on any atom is -0.480 e. The molecule has 0 aromatic carbocycles. The standard InChI is InChI=1S/C26H31N7O4.C2HF3O2/c1-16-20-14-28-26(30-24(20)33(18-5-3-4-6-18)25(37)23(16)17(2)34)29-21-8-7-19(13-27-21)32-11-9-31(10-12-32)15-22(35)36;3-2(4,5)1(6)7/h7-8,13-14,18H,3-6,9-12,15H2,1-2H3,(H,35,36)(H,27,28,29,30);(H,6,7). The number of carboxylic acid groups (broad SMARTS) is 2. The van der Waals surface area contributed by atoms with Crippen LogP contribution >= 0.6 is 0 Å². The van der Waals surface area contributed by atoms with E-state index in [1.54, 1.807) is 23.9 Å². The molecule has 2 aliphatic rings. The summed E-state index contributed by atoms with van der Waals surface area (Å²) in [5.41, 5.74) is 2.04. The van der Waals surface area contributed by atoms with Gasteiger partial charge in [-0.25, -0.2) is 14.8 Å². The maximum atomic E-state index is 13.4. The van der Waals surface area contributed by atoms with Gasteiger partial charge in [0, 0.05) is 43.8 Å². The molecule has 13 nitrogen and oxygen atoms in total. The molecule has 16 heteroatoms. The molecule has 0 amide bonds. The summed E-state index contributed by atoms with van der Waals surface area (Å²) < 4.78 is 33.4. The minimum atomic E-state index is -5.08. The van der Waals surface area contributed by atoms with Gasteiger partial charge in [0.15, 0.2) is 5.78 Å². The van der Waals surface area contributed by atoms with Gasteiger partial charge >= 0.3 is 18.1 Å². The number of aliphatic carboxylic acids is 2. The quantitative estimate of drug-likeness (QED) is 0.330. The van der Waals surface area contributed by atoms with Crippen LogP contribution in [0.3, 0.4) is 0 Å². The second kappa shape index (κ2) is 13.4. The van der Waals surface area contributed by atoms with Gasteiger partial charge in [0.25, 0.3) is 5.56 Å². The van der Waals surface area contributed by atoms with E-state index in [-0.39, 0.29) is 29.5 Å². The summed E-state index contributed by atoms with van der Waals surface area (Å²) in [6.07, 6.45) is 2.22. The van der Waals surface area contributed by atoms with Crippen molar-refractivity contribution in [2.75, 3.05) is 42.9 Å². The van der Waals surface area contributed by atoms with Crippen molar-refractivity contribution >= 4 is 46.2 Å². The van der Waals surface area contributed by atoms with Gasteiger partial charge < -0.3 is 20.4 Å². The molecule has 1 saturated heterocycles. The summed E-state index contributed by atoms with van der Waals surface area (Å²) in [6, 6.07) is 3.83. The average Bonchev–Trinajstić information content (AvgIpc) is 3.48. The second-order valence-corrected chi connectivity index (χ2v) is 10.6. The van der Waals surface area contributed by atoms with Crippen LogP contribution in [0.15, 0.2) is 29.3 Å². The fourth-order valence-electron chi connectivity index (χ4n) is 5.43. The first-order valence-electron chi connectivity index (χ1n) is 13.9. The summed E-state index contributed by atoms with van der Waals surface area (Å²) in [4.78, 5) is 63.3. The number of halogens is 3. The maximum Gasteiger partial charge on any atom is 0.490 e. The fraction of sp³-hybridized carbons (Fsp3) is 0.464. The zero-order valence-electron chi connectivity index (χ0n) is 24.1. The molecule has 5 rings (SSSR count). The third-order valence-corrected chi connectivity index (χ3v) is 7.58. The number of pyridine rings is 2. The van der Waals surface area contributed by atoms with Crippen molar-refractivity contribution in [3.05, 3.63) is 46.0 Å². The number of aryl methyl sites for hydroxylation is 1. The number of nitrogens with zero attached hydrogens (tertiary/aromatic N) is 6. The number of hydrogen-bond acceptors (Lipinski definition) is 10. The molecule has 1 aliphatic heterocycles. The molecule has 0 spiro atoms. The van der Waals surface area contributed by atoms with Gasteiger partial charge in [0.2, 0.25) is 5.95 Å². The number of ketones is 1. The largest absolute Gasteiger partial charge is 0.490 e. The highest BCUT2D eigenvalue weighted by atomic mass is 19.4. The highest BCUT2D eigenvalue weighted by molar-refractivity contribution is 5.99. The second-order valence-electron chi connectivity index (χ2n) is 10.6. The molecule has 4 heterocycles. The predicted octanol–water partition coefficient (Wildman–Crippen LogP) is 3.40. The van der Waals surface area contributed by atoms with Crippen LogP contribution in [0.25, 0.3) is 11.0 Å². The van der Waals surface area contributed by atoms with E-state index in [0.29, 0.717) is 41.5 Å². The summed E-state index contributed by atoms with van der Waals surface area (Å²) in [6.45, 7) is 6.10. The van der Waals surface area contributed by atoms with Crippen LogP contribution in [0.4, 0.5) is 30.6 Å². The monoisotopic (exact) mass is 619 g/mol. The molecule has 236 valence electrons. The highest BCUT2D eigenvalue weighted by Crippen LogP contribution is 2.32. The zero-order valence-corrected chi connectivity index (χ0v) is 24.1. The van der Waals surface area contributed by atoms with E-state index in [1.165, 1.54) is 6.92 Å². The molecule has 2 fully saturated rings. The van der Waals surface area contributed by atoms with Crippen molar-refractivity contribution in [1.82, 2.24) is 24.4 Å². The lowest BCUT2D eigenvalue weighted by Gasteiger charge is -2.35. The lowest BCUT2D eigenvalue weighted by molar-refractivity contribution is -0.192. The van der Waals surface area contributed by atoms with Gasteiger partial charge in [-0.1, -0.05) is 12.8 Å². The Balaban J connectivity index is 0.000000566. The summed E-state index contributed by atoms with van der Waals surface area (Å²) in [5.74, 6) is -2.91. The number of carbonyl (C=O) groups is 3. The Bertz CT molecular complexity index is 1600. The SMILES string of the molecule is CC(=O)c1c(C)c2cnc(Nc3ccc(N4CCN(CC(=O)O)CC4)cn3)nc2n(C2CCCC2)c1=O.O=C(O)C(F)(F)F. The Morgan fingerprint density at radius 2 is 1.66 bits per heavy atom. The van der Waals surface area contributed by atoms with E-state index in [2.05, 4.69) is 20.2 Å². The van der Waals surface area contributed by atoms with E-state index in [9.17, 15) is 27.6 Å². The first-order valence-corrected chi connectivity index (χ1v) is 13.9. The number of alkyl halides is 3. The van der Waals surface area contributed by atoms with Gasteiger partial charge in [0.05, 0.1) is 24.0 Å². The Labute approximate surface area is 249 Å². The number of rotatable bonds is 7. The van der Waals surface area contributed by atoms with Crippen molar-refractivity contribution in [1.29, 1.82) is 0 Å². The molecular weight excluding hydrogens is 587 g/mol. The van der Waals surface area contributed by atoms with E-state index in [4.69, 9.17) is 20.0 Å². The molecule has 0 atom stereocenters. The van der Waals surface area contributed by atoms with Gasteiger partial charge in [-0.15, -0.1) is 0 Å². The van der Waals surface area contributed by atoms with Crippen molar-refractivity contribution in [3.63, 3.8) is 0 Å². The number of Topliss-reactive ketones (excluding diaryl/α,β-unsaturated/α-hetero) is 1. The molecule has 1 aliphatic carbocycles. The van der Waals surface area contributed by atoms with E-state index < -0.39 is 18.1 Å². The lowest BCUT2D eigenvalue weighted by atomic mass is 10.0. The molecule has 3 N–H and O–H groups in total. The lowest BCUT2D eigenvalue weighted by Crippen LogP contribution is -2.48. The van der Waals surface area contributed by atoms with Gasteiger partial charge in [-0.2, -0.15) is 18.2 Å². The Morgan fingerprint density at radius 3 is 2.18 bits per heavy atom. The molecular formula is C28H32F3N7O6. The number of nitrogens with one attached hydrogen (secondary N) is 1. The van der Waals surface area contributed by atoms with Crippen LogP contribution in [0.1, 0.15) is 54.6 Å². The molecule has 0 unspecified atom stereocenters. The smallest absolute Gasteiger partial charge is 0.480 e. The van der Waals surface area contributed by atoms with Gasteiger partial charge in [0.1, 0.15) is 11.5 Å². The molecule has 44 heavy (non-hydrogen) atoms. The van der Waals surface area contributed by atoms with Crippen LogP contribution in [0.5, 0.6) is 0 Å². The van der Waals surface area contributed by atoms with Crippen LogP contribution in [-0.2, 0) is 9.59 Å². The Hall–Kier alpha value is -4.60. The first kappa shape index (κ1) is 32.3. The van der Waals surface area contributed by atoms with Crippen LogP contribution < -0.4 is 15.8 Å². The third kappa shape index (κ3) is 7.48. The minimum absolute atomic E-state index is 0.0184. The molecule has 3 aromatic heterocycles. The first-order chi connectivity index (χ1) is 20.8.